The maximum Gasteiger partial charge on any atom is 0.123 e. The summed E-state index contributed by atoms with van der Waals surface area (Å²) in [4.78, 5) is 2.25. The van der Waals surface area contributed by atoms with Crippen LogP contribution in [0.4, 0.5) is 10.1 Å². The number of anilines is 1. The minimum Gasteiger partial charge on any atom is -0.368 e. The van der Waals surface area contributed by atoms with Crippen LogP contribution in [-0.2, 0) is 0 Å². The van der Waals surface area contributed by atoms with Crippen molar-refractivity contribution in [2.45, 2.75) is 45.1 Å². The molecular formula is C16H25FN2. The second-order valence-electron chi connectivity index (χ2n) is 6.63. The number of nitrogens with zero attached hydrogens (tertiary/aromatic N) is 1. The number of halogens is 1. The largest absolute Gasteiger partial charge is 0.368 e. The highest BCUT2D eigenvalue weighted by Gasteiger charge is 2.40. The van der Waals surface area contributed by atoms with Crippen molar-refractivity contribution in [1.29, 1.82) is 0 Å². The fraction of sp³-hybridized carbons (Fsp3) is 0.625. The first-order chi connectivity index (χ1) is 8.88. The van der Waals surface area contributed by atoms with Gasteiger partial charge in [-0.1, -0.05) is 13.8 Å². The predicted molar refractivity (Wildman–Crippen MR) is 78.8 cm³/mol. The maximum absolute atomic E-state index is 13.0. The Morgan fingerprint density at radius 3 is 2.11 bits per heavy atom. The molecule has 1 fully saturated rings. The number of likely N-dealkylation sites (N-methyl/N-ethyl adjacent to an activating group) is 1. The lowest BCUT2D eigenvalue weighted by atomic mass is 9.68. The fourth-order valence-electron chi connectivity index (χ4n) is 3.01. The highest BCUT2D eigenvalue weighted by molar-refractivity contribution is 5.48. The summed E-state index contributed by atoms with van der Waals surface area (Å²) in [5.74, 6) is -0.191. The normalized spacial score (nSPS) is 21.1. The number of nitrogens with two attached hydrogens (primary N) is 1. The van der Waals surface area contributed by atoms with Crippen LogP contribution >= 0.6 is 0 Å². The molecule has 106 valence electrons. The van der Waals surface area contributed by atoms with Gasteiger partial charge in [0.15, 0.2) is 0 Å². The van der Waals surface area contributed by atoms with E-state index in [4.69, 9.17) is 5.73 Å². The van der Waals surface area contributed by atoms with Gasteiger partial charge in [-0.2, -0.15) is 0 Å². The summed E-state index contributed by atoms with van der Waals surface area (Å²) in [5, 5.41) is 0. The van der Waals surface area contributed by atoms with Gasteiger partial charge < -0.3 is 10.6 Å². The molecule has 0 bridgehead atoms. The molecule has 19 heavy (non-hydrogen) atoms. The van der Waals surface area contributed by atoms with Gasteiger partial charge in [0.2, 0.25) is 0 Å². The highest BCUT2D eigenvalue weighted by Crippen LogP contribution is 2.43. The summed E-state index contributed by atoms with van der Waals surface area (Å²) in [6, 6.07) is 6.71. The molecule has 0 saturated heterocycles. The lowest BCUT2D eigenvalue weighted by Gasteiger charge is -2.49. The molecule has 1 aliphatic rings. The molecule has 1 aromatic rings. The van der Waals surface area contributed by atoms with Crippen LogP contribution in [0, 0.1) is 11.2 Å². The van der Waals surface area contributed by atoms with E-state index in [-0.39, 0.29) is 11.4 Å². The Labute approximate surface area is 115 Å². The summed E-state index contributed by atoms with van der Waals surface area (Å²) in [6.45, 7) is 5.30. The Balaban J connectivity index is 2.19. The minimum atomic E-state index is -0.191. The first-order valence-electron chi connectivity index (χ1n) is 7.08. The average molecular weight is 264 g/mol. The lowest BCUT2D eigenvalue weighted by molar-refractivity contribution is 0.165. The molecule has 0 unspecified atom stereocenters. The van der Waals surface area contributed by atoms with E-state index in [1.807, 2.05) is 12.1 Å². The fourth-order valence-corrected chi connectivity index (χ4v) is 3.01. The van der Waals surface area contributed by atoms with Crippen LogP contribution in [0.5, 0.6) is 0 Å². The molecule has 1 aromatic carbocycles. The van der Waals surface area contributed by atoms with Crippen molar-refractivity contribution in [3.63, 3.8) is 0 Å². The molecule has 0 atom stereocenters. The van der Waals surface area contributed by atoms with Gasteiger partial charge >= 0.3 is 0 Å². The molecule has 0 aliphatic heterocycles. The topological polar surface area (TPSA) is 29.3 Å². The number of hydrogen-bond donors (Lipinski definition) is 1. The van der Waals surface area contributed by atoms with Crippen LogP contribution in [0.2, 0.25) is 0 Å². The zero-order valence-electron chi connectivity index (χ0n) is 12.2. The zero-order chi connectivity index (χ0) is 14.1. The van der Waals surface area contributed by atoms with Crippen molar-refractivity contribution < 1.29 is 4.39 Å². The molecule has 2 nitrogen and oxygen atoms in total. The van der Waals surface area contributed by atoms with Gasteiger partial charge in [-0.15, -0.1) is 0 Å². The predicted octanol–water partition coefficient (Wildman–Crippen LogP) is 3.56. The van der Waals surface area contributed by atoms with Gasteiger partial charge in [0.25, 0.3) is 0 Å². The zero-order valence-corrected chi connectivity index (χ0v) is 12.2. The first-order valence-corrected chi connectivity index (χ1v) is 7.08. The van der Waals surface area contributed by atoms with E-state index in [1.54, 1.807) is 0 Å². The van der Waals surface area contributed by atoms with Crippen LogP contribution in [0.1, 0.15) is 39.5 Å². The number of benzene rings is 1. The second kappa shape index (κ2) is 5.12. The van der Waals surface area contributed by atoms with Gasteiger partial charge in [-0.3, -0.25) is 0 Å². The van der Waals surface area contributed by atoms with E-state index in [1.165, 1.54) is 25.0 Å². The Kier molecular flexibility index (Phi) is 3.86. The third-order valence-corrected chi connectivity index (χ3v) is 4.84. The molecule has 3 heteroatoms. The summed E-state index contributed by atoms with van der Waals surface area (Å²) < 4.78 is 13.0. The molecule has 0 amide bonds. The molecule has 2 N–H and O–H groups in total. The van der Waals surface area contributed by atoms with E-state index in [9.17, 15) is 4.39 Å². The van der Waals surface area contributed by atoms with Crippen molar-refractivity contribution in [2.24, 2.45) is 11.1 Å². The van der Waals surface area contributed by atoms with Crippen molar-refractivity contribution in [3.8, 4) is 0 Å². The van der Waals surface area contributed by atoms with E-state index < -0.39 is 0 Å². The molecule has 2 rings (SSSR count). The summed E-state index contributed by atoms with van der Waals surface area (Å²) in [5.41, 5.74) is 7.57. The number of rotatable bonds is 3. The van der Waals surface area contributed by atoms with E-state index >= 15 is 0 Å². The smallest absolute Gasteiger partial charge is 0.123 e. The van der Waals surface area contributed by atoms with Gasteiger partial charge in [-0.05, 0) is 55.4 Å². The standard InChI is InChI=1S/C16H25FN2/c1-15(2)8-10-16(12-18,11-9-15)19(3)14-6-4-13(17)5-7-14/h4-7H,8-12,18H2,1-3H3. The molecule has 0 heterocycles. The van der Waals surface area contributed by atoms with Crippen molar-refractivity contribution >= 4 is 5.69 Å². The Bertz CT molecular complexity index is 415. The third kappa shape index (κ3) is 2.92. The van der Waals surface area contributed by atoms with Gasteiger partial charge in [-0.25, -0.2) is 4.39 Å². The molecular weight excluding hydrogens is 239 g/mol. The van der Waals surface area contributed by atoms with E-state index in [0.717, 1.165) is 18.5 Å². The van der Waals surface area contributed by atoms with Gasteiger partial charge in [0.05, 0.1) is 5.54 Å². The molecule has 0 radical (unpaired) electrons. The van der Waals surface area contributed by atoms with Crippen LogP contribution < -0.4 is 10.6 Å². The van der Waals surface area contributed by atoms with Crippen molar-refractivity contribution in [1.82, 2.24) is 0 Å². The van der Waals surface area contributed by atoms with Crippen molar-refractivity contribution in [2.75, 3.05) is 18.5 Å². The quantitative estimate of drug-likeness (QED) is 0.904. The van der Waals surface area contributed by atoms with Crippen LogP contribution in [0.15, 0.2) is 24.3 Å². The average Bonchev–Trinajstić information content (AvgIpc) is 2.40. The molecule has 0 aromatic heterocycles. The van der Waals surface area contributed by atoms with Crippen molar-refractivity contribution in [3.05, 3.63) is 30.1 Å². The summed E-state index contributed by atoms with van der Waals surface area (Å²) in [6.07, 6.45) is 4.58. The first kappa shape index (κ1) is 14.3. The minimum absolute atomic E-state index is 0.0212. The second-order valence-corrected chi connectivity index (χ2v) is 6.63. The summed E-state index contributed by atoms with van der Waals surface area (Å²) in [7, 11) is 2.08. The van der Waals surface area contributed by atoms with Crippen LogP contribution in [0.3, 0.4) is 0 Å². The maximum atomic E-state index is 13.0. The summed E-state index contributed by atoms with van der Waals surface area (Å²) >= 11 is 0. The van der Waals surface area contributed by atoms with Crippen LogP contribution in [0.25, 0.3) is 0 Å². The Morgan fingerprint density at radius 1 is 1.11 bits per heavy atom. The lowest BCUT2D eigenvalue weighted by Crippen LogP contribution is -2.55. The molecule has 1 aliphatic carbocycles. The highest BCUT2D eigenvalue weighted by atomic mass is 19.1. The van der Waals surface area contributed by atoms with Gasteiger partial charge in [0, 0.05) is 19.3 Å². The van der Waals surface area contributed by atoms with E-state index in [2.05, 4.69) is 25.8 Å². The molecule has 1 saturated carbocycles. The van der Waals surface area contributed by atoms with Gasteiger partial charge in [0.1, 0.15) is 5.82 Å². The third-order valence-electron chi connectivity index (χ3n) is 4.84. The Hall–Kier alpha value is -1.09. The van der Waals surface area contributed by atoms with E-state index in [0.29, 0.717) is 12.0 Å². The number of hydrogen-bond acceptors (Lipinski definition) is 2. The monoisotopic (exact) mass is 264 g/mol. The molecule has 0 spiro atoms. The van der Waals surface area contributed by atoms with Crippen LogP contribution in [-0.4, -0.2) is 19.1 Å². The Morgan fingerprint density at radius 2 is 1.63 bits per heavy atom. The SMILES string of the molecule is CN(c1ccc(F)cc1)C1(CN)CCC(C)(C)CC1.